The van der Waals surface area contributed by atoms with Crippen LogP contribution < -0.4 is 0 Å². The first-order chi connectivity index (χ1) is 14.4. The van der Waals surface area contributed by atoms with E-state index in [-0.39, 0.29) is 0 Å². The molecule has 0 saturated carbocycles. The SMILES string of the molecule is c1ccc(-c2nc(-c3cccc4ccccc34)nc3c2oc2ccccc23)cc1. The number of benzene rings is 4. The average molecular weight is 372 g/mol. The van der Waals surface area contributed by atoms with Crippen LogP contribution in [0, 0.1) is 0 Å². The van der Waals surface area contributed by atoms with Gasteiger partial charge in [-0.3, -0.25) is 0 Å². The normalized spacial score (nSPS) is 11.4. The zero-order valence-electron chi connectivity index (χ0n) is 15.5. The Morgan fingerprint density at radius 2 is 1.31 bits per heavy atom. The lowest BCUT2D eigenvalue weighted by atomic mass is 10.0. The maximum Gasteiger partial charge on any atom is 0.180 e. The fourth-order valence-electron chi connectivity index (χ4n) is 3.92. The van der Waals surface area contributed by atoms with E-state index in [0.29, 0.717) is 5.82 Å². The maximum absolute atomic E-state index is 6.19. The van der Waals surface area contributed by atoms with Gasteiger partial charge in [-0.2, -0.15) is 0 Å². The Bertz CT molecular complexity index is 1490. The third-order valence-corrected chi connectivity index (χ3v) is 5.30. The molecule has 0 radical (unpaired) electrons. The Balaban J connectivity index is 1.75. The second-order valence-electron chi connectivity index (χ2n) is 7.06. The Labute approximate surface area is 167 Å². The van der Waals surface area contributed by atoms with Crippen LogP contribution >= 0.6 is 0 Å². The van der Waals surface area contributed by atoms with Gasteiger partial charge in [-0.15, -0.1) is 0 Å². The van der Waals surface area contributed by atoms with Crippen LogP contribution in [0.25, 0.3) is 55.5 Å². The summed E-state index contributed by atoms with van der Waals surface area (Å²) in [6, 6.07) is 32.8. The van der Waals surface area contributed by atoms with Crippen LogP contribution in [0.15, 0.2) is 101 Å². The van der Waals surface area contributed by atoms with E-state index in [1.54, 1.807) is 0 Å². The van der Waals surface area contributed by atoms with Crippen LogP contribution in [0.4, 0.5) is 0 Å². The lowest BCUT2D eigenvalue weighted by Crippen LogP contribution is -1.94. The van der Waals surface area contributed by atoms with Crippen LogP contribution in [-0.4, -0.2) is 9.97 Å². The Morgan fingerprint density at radius 3 is 2.21 bits per heavy atom. The van der Waals surface area contributed by atoms with Crippen LogP contribution in [-0.2, 0) is 0 Å². The molecule has 0 spiro atoms. The van der Waals surface area contributed by atoms with E-state index in [0.717, 1.165) is 44.3 Å². The molecule has 0 N–H and O–H groups in total. The van der Waals surface area contributed by atoms with Crippen molar-refractivity contribution >= 4 is 32.8 Å². The molecule has 3 nitrogen and oxygen atoms in total. The molecule has 0 unspecified atom stereocenters. The number of fused-ring (bicyclic) bond motifs is 4. The van der Waals surface area contributed by atoms with E-state index in [4.69, 9.17) is 14.4 Å². The van der Waals surface area contributed by atoms with Crippen LogP contribution in [0.3, 0.4) is 0 Å². The van der Waals surface area contributed by atoms with Crippen LogP contribution in [0.2, 0.25) is 0 Å². The minimum atomic E-state index is 0.708. The molecule has 0 saturated heterocycles. The minimum Gasteiger partial charge on any atom is -0.452 e. The molecule has 0 atom stereocenters. The molecule has 0 amide bonds. The van der Waals surface area contributed by atoms with E-state index >= 15 is 0 Å². The predicted molar refractivity (Wildman–Crippen MR) is 118 cm³/mol. The smallest absolute Gasteiger partial charge is 0.180 e. The summed E-state index contributed by atoms with van der Waals surface area (Å²) in [5, 5.41) is 3.32. The van der Waals surface area contributed by atoms with Gasteiger partial charge >= 0.3 is 0 Å². The molecule has 0 aliphatic rings. The highest BCUT2D eigenvalue weighted by molar-refractivity contribution is 6.07. The van der Waals surface area contributed by atoms with Crippen molar-refractivity contribution in [2.45, 2.75) is 0 Å². The fourth-order valence-corrected chi connectivity index (χ4v) is 3.92. The van der Waals surface area contributed by atoms with Gasteiger partial charge in [0.05, 0.1) is 0 Å². The van der Waals surface area contributed by atoms with Crippen LogP contribution in [0.5, 0.6) is 0 Å². The van der Waals surface area contributed by atoms with Crippen molar-refractivity contribution in [3.63, 3.8) is 0 Å². The quantitative estimate of drug-likeness (QED) is 0.333. The lowest BCUT2D eigenvalue weighted by molar-refractivity contribution is 0.667. The second kappa shape index (κ2) is 6.28. The summed E-state index contributed by atoms with van der Waals surface area (Å²) in [5.41, 5.74) is 5.24. The molecule has 136 valence electrons. The fraction of sp³-hybridized carbons (Fsp3) is 0. The van der Waals surface area contributed by atoms with Gasteiger partial charge in [0.25, 0.3) is 0 Å². The summed E-state index contributed by atoms with van der Waals surface area (Å²) in [6.07, 6.45) is 0. The van der Waals surface area contributed by atoms with E-state index < -0.39 is 0 Å². The van der Waals surface area contributed by atoms with Gasteiger partial charge in [0.1, 0.15) is 16.8 Å². The highest BCUT2D eigenvalue weighted by Crippen LogP contribution is 2.36. The number of hydrogen-bond donors (Lipinski definition) is 0. The maximum atomic E-state index is 6.19. The first kappa shape index (κ1) is 16.0. The number of furan rings is 1. The van der Waals surface area contributed by atoms with Crippen molar-refractivity contribution in [3.05, 3.63) is 97.1 Å². The zero-order valence-corrected chi connectivity index (χ0v) is 15.5. The van der Waals surface area contributed by atoms with Crippen molar-refractivity contribution in [1.29, 1.82) is 0 Å². The molecule has 2 aromatic heterocycles. The molecular formula is C26H16N2O. The second-order valence-corrected chi connectivity index (χ2v) is 7.06. The summed E-state index contributed by atoms with van der Waals surface area (Å²) in [6.45, 7) is 0. The summed E-state index contributed by atoms with van der Waals surface area (Å²) < 4.78 is 6.19. The van der Waals surface area contributed by atoms with Crippen LogP contribution in [0.1, 0.15) is 0 Å². The van der Waals surface area contributed by atoms with Crippen molar-refractivity contribution in [2.24, 2.45) is 0 Å². The third-order valence-electron chi connectivity index (χ3n) is 5.30. The standard InChI is InChI=1S/C26H16N2O/c1-2-10-18(11-3-1)23-25-24(21-14-6-7-16-22(21)29-25)28-26(27-23)20-15-8-12-17-9-4-5-13-19(17)20/h1-16H. The van der Waals surface area contributed by atoms with Crippen molar-refractivity contribution in [3.8, 4) is 22.6 Å². The average Bonchev–Trinajstić information content (AvgIpc) is 3.17. The topological polar surface area (TPSA) is 38.9 Å². The van der Waals surface area contributed by atoms with Crippen molar-refractivity contribution < 1.29 is 4.42 Å². The van der Waals surface area contributed by atoms with Gasteiger partial charge < -0.3 is 4.42 Å². The summed E-state index contributed by atoms with van der Waals surface area (Å²) in [5.74, 6) is 0.708. The number of aromatic nitrogens is 2. The molecule has 0 fully saturated rings. The predicted octanol–water partition coefficient (Wildman–Crippen LogP) is 6.86. The highest BCUT2D eigenvalue weighted by atomic mass is 16.3. The minimum absolute atomic E-state index is 0.708. The van der Waals surface area contributed by atoms with Gasteiger partial charge in [0, 0.05) is 16.5 Å². The molecule has 29 heavy (non-hydrogen) atoms. The van der Waals surface area contributed by atoms with Gasteiger partial charge in [0.15, 0.2) is 11.4 Å². The number of para-hydroxylation sites is 1. The molecule has 6 rings (SSSR count). The molecule has 0 aliphatic carbocycles. The molecule has 6 aromatic rings. The molecule has 3 heteroatoms. The lowest BCUT2D eigenvalue weighted by Gasteiger charge is -2.08. The van der Waals surface area contributed by atoms with Gasteiger partial charge in [-0.1, -0.05) is 84.9 Å². The number of rotatable bonds is 2. The number of hydrogen-bond acceptors (Lipinski definition) is 3. The largest absolute Gasteiger partial charge is 0.452 e. The summed E-state index contributed by atoms with van der Waals surface area (Å²) in [4.78, 5) is 9.95. The van der Waals surface area contributed by atoms with E-state index in [1.165, 1.54) is 5.39 Å². The molecular weight excluding hydrogens is 356 g/mol. The Hall–Kier alpha value is -3.98. The Kier molecular flexibility index (Phi) is 3.47. The number of nitrogens with zero attached hydrogens (tertiary/aromatic N) is 2. The molecule has 0 bridgehead atoms. The summed E-state index contributed by atoms with van der Waals surface area (Å²) >= 11 is 0. The Morgan fingerprint density at radius 1 is 0.586 bits per heavy atom. The zero-order chi connectivity index (χ0) is 19.2. The van der Waals surface area contributed by atoms with E-state index in [1.807, 2.05) is 36.4 Å². The van der Waals surface area contributed by atoms with Crippen molar-refractivity contribution in [2.75, 3.05) is 0 Å². The van der Waals surface area contributed by atoms with Gasteiger partial charge in [-0.05, 0) is 22.9 Å². The van der Waals surface area contributed by atoms with Gasteiger partial charge in [0.2, 0.25) is 0 Å². The summed E-state index contributed by atoms with van der Waals surface area (Å²) in [7, 11) is 0. The van der Waals surface area contributed by atoms with E-state index in [9.17, 15) is 0 Å². The molecule has 4 aromatic carbocycles. The highest BCUT2D eigenvalue weighted by Gasteiger charge is 2.18. The van der Waals surface area contributed by atoms with Crippen molar-refractivity contribution in [1.82, 2.24) is 9.97 Å². The van der Waals surface area contributed by atoms with Gasteiger partial charge in [-0.25, -0.2) is 9.97 Å². The first-order valence-corrected chi connectivity index (χ1v) is 9.61. The molecule has 2 heterocycles. The monoisotopic (exact) mass is 372 g/mol. The first-order valence-electron chi connectivity index (χ1n) is 9.61. The third kappa shape index (κ3) is 2.52. The molecule has 0 aliphatic heterocycles. The van der Waals surface area contributed by atoms with E-state index in [2.05, 4.69) is 60.7 Å².